The molecule has 0 radical (unpaired) electrons. The molecule has 0 saturated heterocycles. The van der Waals surface area contributed by atoms with Crippen molar-refractivity contribution in [3.05, 3.63) is 0 Å². The van der Waals surface area contributed by atoms with Gasteiger partial charge in [-0.15, -0.1) is 0 Å². The maximum Gasteiger partial charge on any atom is 0.324 e. The van der Waals surface area contributed by atoms with Gasteiger partial charge in [0.25, 0.3) is 0 Å². The van der Waals surface area contributed by atoms with E-state index in [-0.39, 0.29) is 12.0 Å². The molecule has 0 bridgehead atoms. The Morgan fingerprint density at radius 2 is 2.05 bits per heavy atom. The third-order valence-electron chi connectivity index (χ3n) is 3.92. The van der Waals surface area contributed by atoms with Crippen LogP contribution in [-0.2, 0) is 9.53 Å². The van der Waals surface area contributed by atoms with Crippen molar-refractivity contribution in [2.45, 2.75) is 51.5 Å². The second-order valence-corrected chi connectivity index (χ2v) is 5.76. The molecule has 0 aliphatic heterocycles. The molecule has 112 valence electrons. The van der Waals surface area contributed by atoms with Gasteiger partial charge in [-0.25, -0.2) is 0 Å². The van der Waals surface area contributed by atoms with Crippen LogP contribution < -0.4 is 5.32 Å². The molecule has 4 nitrogen and oxygen atoms in total. The highest BCUT2D eigenvalue weighted by Crippen LogP contribution is 2.24. The van der Waals surface area contributed by atoms with Crippen LogP contribution in [0.3, 0.4) is 0 Å². The molecule has 1 rings (SSSR count). The van der Waals surface area contributed by atoms with Gasteiger partial charge in [0.1, 0.15) is 6.04 Å². The average Bonchev–Trinajstić information content (AvgIpc) is 2.43. The minimum absolute atomic E-state index is 0.149. The highest BCUT2D eigenvalue weighted by Gasteiger charge is 2.22. The number of carbonyl (C=O) groups excluding carboxylic acids is 1. The number of carbonyl (C=O) groups is 1. The number of hydrogen-bond donors (Lipinski definition) is 1. The van der Waals surface area contributed by atoms with E-state index in [2.05, 4.69) is 24.2 Å². The lowest BCUT2D eigenvalue weighted by molar-refractivity contribution is -0.143. The van der Waals surface area contributed by atoms with Crippen molar-refractivity contribution >= 4 is 5.97 Å². The highest BCUT2D eigenvalue weighted by molar-refractivity contribution is 5.75. The van der Waals surface area contributed by atoms with Gasteiger partial charge in [0.15, 0.2) is 0 Å². The quantitative estimate of drug-likeness (QED) is 0.685. The van der Waals surface area contributed by atoms with Crippen LogP contribution in [0.4, 0.5) is 0 Å². The van der Waals surface area contributed by atoms with E-state index in [1.807, 2.05) is 0 Å². The predicted molar refractivity (Wildman–Crippen MR) is 78.2 cm³/mol. The second kappa shape index (κ2) is 9.32. The van der Waals surface area contributed by atoms with Gasteiger partial charge < -0.3 is 15.0 Å². The Labute approximate surface area is 117 Å². The smallest absolute Gasteiger partial charge is 0.324 e. The Morgan fingerprint density at radius 1 is 1.37 bits per heavy atom. The molecule has 1 saturated carbocycles. The second-order valence-electron chi connectivity index (χ2n) is 5.76. The van der Waals surface area contributed by atoms with Gasteiger partial charge >= 0.3 is 5.97 Å². The zero-order valence-corrected chi connectivity index (χ0v) is 12.8. The third-order valence-corrected chi connectivity index (χ3v) is 3.92. The van der Waals surface area contributed by atoms with E-state index >= 15 is 0 Å². The van der Waals surface area contributed by atoms with Gasteiger partial charge in [0.05, 0.1) is 7.11 Å². The summed E-state index contributed by atoms with van der Waals surface area (Å²) in [4.78, 5) is 14.0. The van der Waals surface area contributed by atoms with E-state index in [0.717, 1.165) is 32.0 Å². The number of ether oxygens (including phenoxy) is 1. The summed E-state index contributed by atoms with van der Waals surface area (Å²) < 4.78 is 4.87. The SMILES string of the molecule is CCCNC(CN(C)CC1CCCCC1)C(=O)OC. The normalized spacial score (nSPS) is 18.5. The lowest BCUT2D eigenvalue weighted by Gasteiger charge is -2.29. The van der Waals surface area contributed by atoms with E-state index < -0.39 is 0 Å². The van der Waals surface area contributed by atoms with Crippen molar-refractivity contribution < 1.29 is 9.53 Å². The molecule has 1 fully saturated rings. The zero-order valence-electron chi connectivity index (χ0n) is 12.8. The molecule has 0 aromatic rings. The van der Waals surface area contributed by atoms with E-state index in [0.29, 0.717) is 0 Å². The van der Waals surface area contributed by atoms with Gasteiger partial charge in [0, 0.05) is 13.1 Å². The number of esters is 1. The van der Waals surface area contributed by atoms with E-state index in [1.54, 1.807) is 0 Å². The fourth-order valence-corrected chi connectivity index (χ4v) is 2.88. The largest absolute Gasteiger partial charge is 0.468 e. The van der Waals surface area contributed by atoms with Gasteiger partial charge in [0.2, 0.25) is 0 Å². The van der Waals surface area contributed by atoms with Crippen molar-refractivity contribution in [3.8, 4) is 0 Å². The number of nitrogens with one attached hydrogen (secondary N) is 1. The van der Waals surface area contributed by atoms with Crippen molar-refractivity contribution in [2.75, 3.05) is 33.8 Å². The Balaban J connectivity index is 2.36. The van der Waals surface area contributed by atoms with Crippen molar-refractivity contribution in [1.29, 1.82) is 0 Å². The first kappa shape index (κ1) is 16.4. The molecular formula is C15H30N2O2. The first-order chi connectivity index (χ1) is 9.17. The monoisotopic (exact) mass is 270 g/mol. The molecule has 19 heavy (non-hydrogen) atoms. The van der Waals surface area contributed by atoms with Crippen LogP contribution in [0, 0.1) is 5.92 Å². The summed E-state index contributed by atoms with van der Waals surface area (Å²) in [5.74, 6) is 0.659. The fourth-order valence-electron chi connectivity index (χ4n) is 2.88. The van der Waals surface area contributed by atoms with Crippen molar-refractivity contribution in [1.82, 2.24) is 10.2 Å². The predicted octanol–water partition coefficient (Wildman–Crippen LogP) is 2.04. The van der Waals surface area contributed by atoms with Crippen LogP contribution in [0.25, 0.3) is 0 Å². The number of hydrogen-bond acceptors (Lipinski definition) is 4. The Bertz CT molecular complexity index is 253. The summed E-state index contributed by atoms with van der Waals surface area (Å²) in [6.45, 7) is 4.80. The maximum atomic E-state index is 11.7. The summed E-state index contributed by atoms with van der Waals surface area (Å²) in [6.07, 6.45) is 7.84. The standard InChI is InChI=1S/C15H30N2O2/c1-4-10-16-14(15(18)19-3)12-17(2)11-13-8-6-5-7-9-13/h13-14,16H,4-12H2,1-3H3. The van der Waals surface area contributed by atoms with Gasteiger partial charge in [-0.2, -0.15) is 0 Å². The van der Waals surface area contributed by atoms with Crippen LogP contribution in [0.1, 0.15) is 45.4 Å². The molecule has 0 aromatic carbocycles. The number of likely N-dealkylation sites (N-methyl/N-ethyl adjacent to an activating group) is 1. The van der Waals surface area contributed by atoms with Gasteiger partial charge in [-0.1, -0.05) is 26.2 Å². The molecule has 1 atom stereocenters. The molecule has 1 aliphatic rings. The molecule has 1 unspecified atom stereocenters. The van der Waals surface area contributed by atoms with E-state index in [1.165, 1.54) is 39.2 Å². The maximum absolute atomic E-state index is 11.7. The minimum Gasteiger partial charge on any atom is -0.468 e. The van der Waals surface area contributed by atoms with Gasteiger partial charge in [-0.05, 0) is 38.8 Å². The Hall–Kier alpha value is -0.610. The van der Waals surface area contributed by atoms with E-state index in [9.17, 15) is 4.79 Å². The van der Waals surface area contributed by atoms with Crippen LogP contribution in [0.5, 0.6) is 0 Å². The highest BCUT2D eigenvalue weighted by atomic mass is 16.5. The van der Waals surface area contributed by atoms with Gasteiger partial charge in [-0.3, -0.25) is 4.79 Å². The number of rotatable bonds is 8. The van der Waals surface area contributed by atoms with E-state index in [4.69, 9.17) is 4.74 Å². The molecule has 1 aliphatic carbocycles. The summed E-state index contributed by atoms with van der Waals surface area (Å²) in [5, 5.41) is 3.27. The van der Waals surface area contributed by atoms with Crippen LogP contribution >= 0.6 is 0 Å². The summed E-state index contributed by atoms with van der Waals surface area (Å²) >= 11 is 0. The Kier molecular flexibility index (Phi) is 8.07. The number of nitrogens with zero attached hydrogens (tertiary/aromatic N) is 1. The first-order valence-corrected chi connectivity index (χ1v) is 7.67. The lowest BCUT2D eigenvalue weighted by atomic mass is 9.89. The Morgan fingerprint density at radius 3 is 2.63 bits per heavy atom. The molecule has 0 spiro atoms. The average molecular weight is 270 g/mol. The summed E-state index contributed by atoms with van der Waals surface area (Å²) in [7, 11) is 3.57. The molecule has 0 amide bonds. The van der Waals surface area contributed by atoms with Crippen molar-refractivity contribution in [2.24, 2.45) is 5.92 Å². The first-order valence-electron chi connectivity index (χ1n) is 7.67. The molecular weight excluding hydrogens is 240 g/mol. The topological polar surface area (TPSA) is 41.6 Å². The number of methoxy groups -OCH3 is 1. The molecule has 0 heterocycles. The minimum atomic E-state index is -0.196. The molecule has 1 N–H and O–H groups in total. The van der Waals surface area contributed by atoms with Crippen LogP contribution in [0.2, 0.25) is 0 Å². The van der Waals surface area contributed by atoms with Crippen LogP contribution in [-0.4, -0.2) is 50.7 Å². The molecule has 4 heteroatoms. The zero-order chi connectivity index (χ0) is 14.1. The molecule has 0 aromatic heterocycles. The van der Waals surface area contributed by atoms with Crippen molar-refractivity contribution in [3.63, 3.8) is 0 Å². The fraction of sp³-hybridized carbons (Fsp3) is 0.933. The summed E-state index contributed by atoms with van der Waals surface area (Å²) in [6, 6.07) is -0.196. The lowest BCUT2D eigenvalue weighted by Crippen LogP contribution is -2.47. The third kappa shape index (κ3) is 6.39. The summed E-state index contributed by atoms with van der Waals surface area (Å²) in [5.41, 5.74) is 0. The van der Waals surface area contributed by atoms with Crippen LogP contribution in [0.15, 0.2) is 0 Å².